The zero-order chi connectivity index (χ0) is 42.7. The van der Waals surface area contributed by atoms with E-state index in [0.717, 1.165) is 18.1 Å². The quantitative estimate of drug-likeness (QED) is 0.0213. The normalized spacial score (nSPS) is 9.53. The number of nitrogens with one attached hydrogen (secondary N) is 2. The molecule has 0 spiro atoms. The molecule has 0 unspecified atom stereocenters. The molecule has 4 amide bonds. The number of phenolic OH excluding ortho intramolecular Hbond substituents is 1. The number of nitrogens with two attached hydrogens (primary N) is 3. The maximum absolute atomic E-state index is 10.4. The number of aromatic nitrogens is 3. The lowest BCUT2D eigenvalue weighted by Gasteiger charge is -2.04. The van der Waals surface area contributed by atoms with E-state index in [9.17, 15) is 19.2 Å². The Kier molecular flexibility index (Phi) is 21.9. The van der Waals surface area contributed by atoms with Crippen LogP contribution in [0.4, 0.5) is 9.59 Å². The fraction of sp³-hybridized carbons (Fsp3) is 0. The summed E-state index contributed by atoms with van der Waals surface area (Å²) in [6.45, 7) is 0. The second kappa shape index (κ2) is 26.9. The highest BCUT2D eigenvalue weighted by Crippen LogP contribution is 2.22. The van der Waals surface area contributed by atoms with Crippen LogP contribution in [0.2, 0.25) is 20.2 Å². The number of halogens is 4. The number of amides is 4. The first-order valence-electron chi connectivity index (χ1n) is 15.9. The molecule has 3 aromatic carbocycles. The summed E-state index contributed by atoms with van der Waals surface area (Å²) in [5.74, 6) is 6.79. The van der Waals surface area contributed by atoms with Gasteiger partial charge in [-0.25, -0.2) is 35.8 Å². The maximum atomic E-state index is 10.4. The van der Waals surface area contributed by atoms with Crippen LogP contribution in [0.25, 0.3) is 0 Å². The van der Waals surface area contributed by atoms with Crippen LogP contribution < -0.4 is 37.6 Å². The van der Waals surface area contributed by atoms with Gasteiger partial charge in [0.25, 0.3) is 0 Å². The number of hydrazone groups is 1. The summed E-state index contributed by atoms with van der Waals surface area (Å²) in [4.78, 5) is 52.0. The van der Waals surface area contributed by atoms with Crippen LogP contribution in [0, 0.1) is 0 Å². The number of carbonyl (C=O) groups is 4. The minimum absolute atomic E-state index is 0.181. The fourth-order valence-electron chi connectivity index (χ4n) is 3.40. The fourth-order valence-corrected chi connectivity index (χ4v) is 3.85. The highest BCUT2D eigenvalue weighted by molar-refractivity contribution is 6.32. The number of hydrogen-bond donors (Lipinski definition) is 6. The van der Waals surface area contributed by atoms with E-state index >= 15 is 0 Å². The van der Waals surface area contributed by atoms with Crippen molar-refractivity contribution < 1.29 is 33.8 Å². The standard InChI is InChI=1S/C13H11ClN4O2.C12H8ClNO2.C7H6O2.C5H3Cl2N.CH5N3O/c14-10-3-6-12(16-8-10)20-11-4-1-9(2-5-11)7-17-18-13(15)19;13-10-3-6-12(14-7-10)16-11-4-1-9(8-15)2-5-11;8-5-6-1-3-7(9)4-2-6;6-4-1-2-5(7)8-3-4;2-1(5)4-3/h1-8H,(H3,15,18,19);1-8H;1-5,9H;1-3H;3H2,(H3,2,4,5)/b17-7+;;;;. The molecule has 20 heteroatoms. The monoisotopic (exact) mass is 867 g/mol. The first kappa shape index (κ1) is 47.3. The maximum Gasteiger partial charge on any atom is 0.332 e. The van der Waals surface area contributed by atoms with E-state index in [1.807, 2.05) is 0 Å². The van der Waals surface area contributed by atoms with Crippen LogP contribution in [-0.4, -0.2) is 50.9 Å². The number of primary amides is 2. The Balaban J connectivity index is 0.000000271. The Labute approximate surface area is 351 Å². The number of urea groups is 2. The van der Waals surface area contributed by atoms with Crippen molar-refractivity contribution in [1.82, 2.24) is 25.8 Å². The van der Waals surface area contributed by atoms with Gasteiger partial charge in [0.2, 0.25) is 11.8 Å². The number of phenols is 1. The van der Waals surface area contributed by atoms with E-state index < -0.39 is 12.1 Å². The minimum Gasteiger partial charge on any atom is -0.508 e. The number of aromatic hydroxyl groups is 1. The molecule has 16 nitrogen and oxygen atoms in total. The number of aldehydes is 2. The topological polar surface area (TPSA) is 260 Å². The summed E-state index contributed by atoms with van der Waals surface area (Å²) in [7, 11) is 0. The Hall–Kier alpha value is -6.82. The smallest absolute Gasteiger partial charge is 0.332 e. The molecule has 3 aromatic heterocycles. The Morgan fingerprint density at radius 1 is 0.586 bits per heavy atom. The molecule has 0 aliphatic carbocycles. The molecule has 0 bridgehead atoms. The van der Waals surface area contributed by atoms with Crippen molar-refractivity contribution >= 4 is 77.3 Å². The van der Waals surface area contributed by atoms with Gasteiger partial charge in [-0.05, 0) is 103 Å². The molecule has 6 rings (SSSR count). The first-order valence-corrected chi connectivity index (χ1v) is 17.4. The predicted octanol–water partition coefficient (Wildman–Crippen LogP) is 7.99. The summed E-state index contributed by atoms with van der Waals surface area (Å²) in [6.07, 6.45) is 7.51. The number of rotatable bonds is 8. The van der Waals surface area contributed by atoms with E-state index in [-0.39, 0.29) is 5.75 Å². The molecule has 0 saturated carbocycles. The molecule has 0 fully saturated rings. The van der Waals surface area contributed by atoms with Gasteiger partial charge < -0.3 is 26.0 Å². The van der Waals surface area contributed by atoms with Crippen molar-refractivity contribution in [2.24, 2.45) is 22.4 Å². The van der Waals surface area contributed by atoms with E-state index in [1.54, 1.807) is 102 Å². The van der Waals surface area contributed by atoms with Crippen LogP contribution in [0.5, 0.6) is 29.0 Å². The molecule has 0 saturated heterocycles. The molecule has 58 heavy (non-hydrogen) atoms. The van der Waals surface area contributed by atoms with Crippen LogP contribution >= 0.6 is 46.4 Å². The second-order valence-corrected chi connectivity index (χ2v) is 12.0. The SMILES string of the molecule is Clc1ccc(Cl)nc1.NC(=O)N/N=C/c1ccc(Oc2ccc(Cl)cn2)cc1.NNC(N)=O.O=Cc1ccc(O)cc1.O=Cc1ccc(Oc2ccc(Cl)cn2)cc1. The van der Waals surface area contributed by atoms with Crippen LogP contribution in [-0.2, 0) is 0 Å². The zero-order valence-electron chi connectivity index (χ0n) is 29.8. The lowest BCUT2D eigenvalue weighted by atomic mass is 10.2. The van der Waals surface area contributed by atoms with Gasteiger partial charge in [-0.3, -0.25) is 15.0 Å². The summed E-state index contributed by atoms with van der Waals surface area (Å²) in [5.41, 5.74) is 15.0. The molecule has 300 valence electrons. The van der Waals surface area contributed by atoms with Gasteiger partial charge in [-0.2, -0.15) is 5.10 Å². The van der Waals surface area contributed by atoms with E-state index in [1.165, 1.54) is 36.9 Å². The number of ether oxygens (including phenoxy) is 2. The van der Waals surface area contributed by atoms with Crippen molar-refractivity contribution in [3.8, 4) is 29.0 Å². The zero-order valence-corrected chi connectivity index (χ0v) is 32.8. The van der Waals surface area contributed by atoms with E-state index in [4.69, 9.17) is 66.7 Å². The lowest BCUT2D eigenvalue weighted by Crippen LogP contribution is -2.34. The first-order chi connectivity index (χ1) is 27.8. The lowest BCUT2D eigenvalue weighted by molar-refractivity contribution is 0.111. The number of pyridine rings is 3. The number of carbonyl (C=O) groups excluding carboxylic acids is 4. The van der Waals surface area contributed by atoms with E-state index in [2.05, 4.69) is 37.1 Å². The third-order valence-corrected chi connectivity index (χ3v) is 6.89. The Bertz CT molecular complexity index is 2150. The van der Waals surface area contributed by atoms with Gasteiger partial charge in [-0.1, -0.05) is 46.4 Å². The third kappa shape index (κ3) is 21.3. The highest BCUT2D eigenvalue weighted by atomic mass is 35.5. The van der Waals surface area contributed by atoms with Crippen molar-refractivity contribution in [3.63, 3.8) is 0 Å². The molecule has 0 atom stereocenters. The molecular formula is C38H33Cl4N9O7. The van der Waals surface area contributed by atoms with Crippen molar-refractivity contribution in [1.29, 1.82) is 0 Å². The number of hydrazine groups is 1. The average Bonchev–Trinajstić information content (AvgIpc) is 3.23. The van der Waals surface area contributed by atoms with E-state index in [0.29, 0.717) is 54.6 Å². The van der Waals surface area contributed by atoms with Gasteiger partial charge in [0.05, 0.1) is 21.3 Å². The van der Waals surface area contributed by atoms with Gasteiger partial charge >= 0.3 is 12.1 Å². The minimum atomic E-state index is -0.718. The average molecular weight is 870 g/mol. The van der Waals surface area contributed by atoms with Crippen LogP contribution in [0.3, 0.4) is 0 Å². The van der Waals surface area contributed by atoms with Crippen LogP contribution in [0.1, 0.15) is 26.3 Å². The molecule has 0 radical (unpaired) electrons. The number of benzene rings is 3. The molecule has 3 heterocycles. The third-order valence-electron chi connectivity index (χ3n) is 5.99. The summed E-state index contributed by atoms with van der Waals surface area (Å²) >= 11 is 22.4. The highest BCUT2D eigenvalue weighted by Gasteiger charge is 2.00. The molecule has 0 aliphatic heterocycles. The summed E-state index contributed by atoms with van der Waals surface area (Å²) in [6, 6.07) is 28.5. The van der Waals surface area contributed by atoms with Crippen molar-refractivity contribution in [2.45, 2.75) is 0 Å². The Morgan fingerprint density at radius 3 is 1.31 bits per heavy atom. The van der Waals surface area contributed by atoms with Crippen LogP contribution in [0.15, 0.2) is 133 Å². The summed E-state index contributed by atoms with van der Waals surface area (Å²) in [5, 5.41) is 14.6. The number of nitrogens with zero attached hydrogens (tertiary/aromatic N) is 4. The molecule has 6 aromatic rings. The Morgan fingerprint density at radius 2 is 0.983 bits per heavy atom. The molecule has 9 N–H and O–H groups in total. The summed E-state index contributed by atoms with van der Waals surface area (Å²) < 4.78 is 11.0. The van der Waals surface area contributed by atoms with Crippen molar-refractivity contribution in [2.75, 3.05) is 0 Å². The molecule has 0 aliphatic rings. The molecular weight excluding hydrogens is 836 g/mol. The predicted molar refractivity (Wildman–Crippen MR) is 222 cm³/mol. The number of hydrogen-bond acceptors (Lipinski definition) is 12. The van der Waals surface area contributed by atoms with Gasteiger partial charge in [0, 0.05) is 41.9 Å². The van der Waals surface area contributed by atoms with Gasteiger partial charge in [-0.15, -0.1) is 0 Å². The van der Waals surface area contributed by atoms with Gasteiger partial charge in [0.15, 0.2) is 0 Å². The second-order valence-electron chi connectivity index (χ2n) is 10.3. The van der Waals surface area contributed by atoms with Gasteiger partial charge in [0.1, 0.15) is 35.0 Å². The van der Waals surface area contributed by atoms with Crippen molar-refractivity contribution in [3.05, 3.63) is 165 Å². The largest absolute Gasteiger partial charge is 0.508 e.